The Balaban J connectivity index is 1.50. The largest absolute Gasteiger partial charge is 0.351 e. The standard InChI is InChI=1S/C23H25ClN6O3/c1-13-6-7-15(24)8-14(13)10-27-21(31)20-9-16(25)11-30(20)23(33)28-18-12-29(22(26)32)19-5-3-2-4-17(18)19/h2-8,12,16,20H,9-11,25H2,1H3,(H2,26,32)(H,27,31)(H,28,33)/t16-,20-/m0/s1. The number of hydrogen-bond donors (Lipinski definition) is 4. The zero-order valence-corrected chi connectivity index (χ0v) is 18.8. The van der Waals surface area contributed by atoms with Gasteiger partial charge in [-0.05, 0) is 42.7 Å². The molecule has 0 bridgehead atoms. The molecule has 0 radical (unpaired) electrons. The summed E-state index contributed by atoms with van der Waals surface area (Å²) in [5.41, 5.74) is 14.4. The molecule has 1 aliphatic heterocycles. The number of para-hydroxylation sites is 1. The number of aryl methyl sites for hydroxylation is 1. The van der Waals surface area contributed by atoms with Crippen LogP contribution in [0.2, 0.25) is 5.02 Å². The summed E-state index contributed by atoms with van der Waals surface area (Å²) >= 11 is 6.06. The smallest absolute Gasteiger partial charge is 0.323 e. The fourth-order valence-corrected chi connectivity index (χ4v) is 4.32. The van der Waals surface area contributed by atoms with E-state index in [4.69, 9.17) is 23.1 Å². The number of carbonyl (C=O) groups excluding carboxylic acids is 3. The third-order valence-corrected chi connectivity index (χ3v) is 6.09. The first kappa shape index (κ1) is 22.6. The van der Waals surface area contributed by atoms with Gasteiger partial charge in [0, 0.05) is 35.7 Å². The quantitative estimate of drug-likeness (QED) is 0.468. The average molecular weight is 469 g/mol. The average Bonchev–Trinajstić information content (AvgIpc) is 3.35. The number of nitrogens with zero attached hydrogens (tertiary/aromatic N) is 2. The Bertz CT molecular complexity index is 1240. The number of aromatic nitrogens is 1. The summed E-state index contributed by atoms with van der Waals surface area (Å²) in [7, 11) is 0. The van der Waals surface area contributed by atoms with Gasteiger partial charge in [0.15, 0.2) is 0 Å². The van der Waals surface area contributed by atoms with Crippen molar-refractivity contribution >= 4 is 46.2 Å². The van der Waals surface area contributed by atoms with Crippen molar-refractivity contribution < 1.29 is 14.4 Å². The number of rotatable bonds is 4. The highest BCUT2D eigenvalue weighted by molar-refractivity contribution is 6.30. The van der Waals surface area contributed by atoms with Crippen LogP contribution in [0.3, 0.4) is 0 Å². The molecule has 1 saturated heterocycles. The first-order valence-electron chi connectivity index (χ1n) is 10.5. The molecule has 1 aliphatic rings. The monoisotopic (exact) mass is 468 g/mol. The maximum Gasteiger partial charge on any atom is 0.323 e. The van der Waals surface area contributed by atoms with E-state index in [0.29, 0.717) is 34.6 Å². The molecule has 0 spiro atoms. The Kier molecular flexibility index (Phi) is 6.26. The predicted octanol–water partition coefficient (Wildman–Crippen LogP) is 2.78. The molecule has 4 amide bonds. The number of benzene rings is 2. The van der Waals surface area contributed by atoms with Gasteiger partial charge in [-0.3, -0.25) is 9.36 Å². The number of nitrogens with one attached hydrogen (secondary N) is 2. The molecule has 10 heteroatoms. The number of urea groups is 1. The Hall–Kier alpha value is -3.56. The highest BCUT2D eigenvalue weighted by atomic mass is 35.5. The summed E-state index contributed by atoms with van der Waals surface area (Å²) in [5.74, 6) is -0.294. The Morgan fingerprint density at radius 2 is 1.94 bits per heavy atom. The number of amides is 4. The second-order valence-corrected chi connectivity index (χ2v) is 8.59. The second-order valence-electron chi connectivity index (χ2n) is 8.15. The number of carbonyl (C=O) groups is 3. The Morgan fingerprint density at radius 3 is 2.70 bits per heavy atom. The lowest BCUT2D eigenvalue weighted by Gasteiger charge is -2.24. The van der Waals surface area contributed by atoms with Crippen LogP contribution < -0.4 is 22.1 Å². The third-order valence-electron chi connectivity index (χ3n) is 5.85. The molecule has 9 nitrogen and oxygen atoms in total. The molecule has 33 heavy (non-hydrogen) atoms. The molecule has 0 saturated carbocycles. The van der Waals surface area contributed by atoms with Gasteiger partial charge in [0.05, 0.1) is 11.2 Å². The molecule has 0 unspecified atom stereocenters. The van der Waals surface area contributed by atoms with Crippen molar-refractivity contribution in [2.24, 2.45) is 11.5 Å². The topological polar surface area (TPSA) is 135 Å². The van der Waals surface area contributed by atoms with Crippen LogP contribution in [0.5, 0.6) is 0 Å². The van der Waals surface area contributed by atoms with E-state index in [2.05, 4.69) is 10.6 Å². The molecule has 0 aliphatic carbocycles. The Labute approximate surface area is 195 Å². The molecular formula is C23H25ClN6O3. The predicted molar refractivity (Wildman–Crippen MR) is 127 cm³/mol. The summed E-state index contributed by atoms with van der Waals surface area (Å²) < 4.78 is 1.26. The summed E-state index contributed by atoms with van der Waals surface area (Å²) in [4.78, 5) is 39.2. The molecule has 1 aromatic heterocycles. The lowest BCUT2D eigenvalue weighted by molar-refractivity contribution is -0.124. The van der Waals surface area contributed by atoms with Crippen LogP contribution in [0.1, 0.15) is 17.5 Å². The minimum absolute atomic E-state index is 0.231. The number of primary amides is 1. The highest BCUT2D eigenvalue weighted by Gasteiger charge is 2.38. The highest BCUT2D eigenvalue weighted by Crippen LogP contribution is 2.27. The van der Waals surface area contributed by atoms with Crippen LogP contribution in [0.15, 0.2) is 48.7 Å². The molecular weight excluding hydrogens is 444 g/mol. The Morgan fingerprint density at radius 1 is 1.18 bits per heavy atom. The molecule has 2 atom stereocenters. The maximum absolute atomic E-state index is 13.1. The van der Waals surface area contributed by atoms with Crippen molar-refractivity contribution in [1.29, 1.82) is 0 Å². The fourth-order valence-electron chi connectivity index (χ4n) is 4.12. The van der Waals surface area contributed by atoms with Crippen molar-refractivity contribution in [3.05, 3.63) is 64.8 Å². The van der Waals surface area contributed by atoms with E-state index in [0.717, 1.165) is 11.1 Å². The van der Waals surface area contributed by atoms with Crippen molar-refractivity contribution in [2.45, 2.75) is 32.0 Å². The molecule has 1 fully saturated rings. The van der Waals surface area contributed by atoms with Crippen molar-refractivity contribution in [3.8, 4) is 0 Å². The molecule has 2 heterocycles. The van der Waals surface area contributed by atoms with Gasteiger partial charge in [-0.2, -0.15) is 0 Å². The van der Waals surface area contributed by atoms with Crippen LogP contribution in [0.4, 0.5) is 15.3 Å². The van der Waals surface area contributed by atoms with E-state index < -0.39 is 18.1 Å². The van der Waals surface area contributed by atoms with E-state index in [-0.39, 0.29) is 18.5 Å². The van der Waals surface area contributed by atoms with Gasteiger partial charge in [0.2, 0.25) is 5.91 Å². The van der Waals surface area contributed by atoms with Crippen molar-refractivity contribution in [1.82, 2.24) is 14.8 Å². The minimum atomic E-state index is -0.719. The molecule has 6 N–H and O–H groups in total. The number of halogens is 1. The van der Waals surface area contributed by atoms with Gasteiger partial charge in [-0.1, -0.05) is 35.9 Å². The van der Waals surface area contributed by atoms with E-state index in [1.165, 1.54) is 15.7 Å². The van der Waals surface area contributed by atoms with Crippen molar-refractivity contribution in [2.75, 3.05) is 11.9 Å². The first-order valence-corrected chi connectivity index (χ1v) is 10.9. The first-order chi connectivity index (χ1) is 15.7. The van der Waals surface area contributed by atoms with Crippen LogP contribution >= 0.6 is 11.6 Å². The molecule has 172 valence electrons. The summed E-state index contributed by atoms with van der Waals surface area (Å²) in [5, 5.41) is 6.93. The van der Waals surface area contributed by atoms with Gasteiger partial charge in [-0.25, -0.2) is 9.59 Å². The SMILES string of the molecule is Cc1ccc(Cl)cc1CNC(=O)[C@@H]1C[C@H](N)CN1C(=O)Nc1cn(C(N)=O)c2ccccc12. The van der Waals surface area contributed by atoms with Gasteiger partial charge in [0.1, 0.15) is 6.04 Å². The van der Waals surface area contributed by atoms with Gasteiger partial charge in [0.25, 0.3) is 0 Å². The number of fused-ring (bicyclic) bond motifs is 1. The second kappa shape index (κ2) is 9.13. The van der Waals surface area contributed by atoms with Crippen molar-refractivity contribution in [3.63, 3.8) is 0 Å². The van der Waals surface area contributed by atoms with E-state index in [1.54, 1.807) is 36.4 Å². The zero-order valence-electron chi connectivity index (χ0n) is 18.0. The molecule has 2 aromatic carbocycles. The molecule has 4 rings (SSSR count). The summed E-state index contributed by atoms with van der Waals surface area (Å²) in [6.07, 6.45) is 1.81. The number of nitrogens with two attached hydrogens (primary N) is 2. The fraction of sp³-hybridized carbons (Fsp3) is 0.261. The zero-order chi connectivity index (χ0) is 23.7. The summed E-state index contributed by atoms with van der Waals surface area (Å²) in [6, 6.07) is 10.4. The van der Waals surface area contributed by atoms with Gasteiger partial charge >= 0.3 is 12.1 Å². The minimum Gasteiger partial charge on any atom is -0.351 e. The van der Waals surface area contributed by atoms with Crippen LogP contribution in [-0.4, -0.2) is 46.1 Å². The van der Waals surface area contributed by atoms with E-state index in [1.807, 2.05) is 13.0 Å². The number of likely N-dealkylation sites (tertiary alicyclic amines) is 1. The summed E-state index contributed by atoms with van der Waals surface area (Å²) in [6.45, 7) is 2.46. The third kappa shape index (κ3) is 4.64. The number of anilines is 1. The lowest BCUT2D eigenvalue weighted by Crippen LogP contribution is -2.47. The maximum atomic E-state index is 13.1. The lowest BCUT2D eigenvalue weighted by atomic mass is 10.1. The number of hydrogen-bond acceptors (Lipinski definition) is 4. The molecule has 3 aromatic rings. The van der Waals surface area contributed by atoms with E-state index in [9.17, 15) is 14.4 Å². The normalized spacial score (nSPS) is 17.8. The van der Waals surface area contributed by atoms with Crippen LogP contribution in [0, 0.1) is 6.92 Å². The van der Waals surface area contributed by atoms with Crippen LogP contribution in [-0.2, 0) is 11.3 Å². The van der Waals surface area contributed by atoms with E-state index >= 15 is 0 Å². The van der Waals surface area contributed by atoms with Gasteiger partial charge in [-0.15, -0.1) is 0 Å². The van der Waals surface area contributed by atoms with Crippen LogP contribution in [0.25, 0.3) is 10.9 Å². The van der Waals surface area contributed by atoms with Gasteiger partial charge < -0.3 is 27.0 Å².